The minimum absolute atomic E-state index is 0.677. The van der Waals surface area contributed by atoms with Gasteiger partial charge in [-0.15, -0.1) is 0 Å². The minimum Gasteiger partial charge on any atom is -0.313 e. The molecule has 100 valence electrons. The van der Waals surface area contributed by atoms with Crippen molar-refractivity contribution in [3.05, 3.63) is 0 Å². The molecule has 17 heavy (non-hydrogen) atoms. The van der Waals surface area contributed by atoms with Gasteiger partial charge < -0.3 is 10.2 Å². The highest BCUT2D eigenvalue weighted by Crippen LogP contribution is 2.28. The van der Waals surface area contributed by atoms with Crippen molar-refractivity contribution in [2.75, 3.05) is 26.2 Å². The van der Waals surface area contributed by atoms with Crippen molar-refractivity contribution in [2.24, 2.45) is 5.92 Å². The topological polar surface area (TPSA) is 15.3 Å². The van der Waals surface area contributed by atoms with Gasteiger partial charge in [0.25, 0.3) is 0 Å². The molecule has 1 N–H and O–H groups in total. The lowest BCUT2D eigenvalue weighted by Gasteiger charge is -2.21. The summed E-state index contributed by atoms with van der Waals surface area (Å²) in [5.41, 5.74) is 0. The first kappa shape index (κ1) is 13.4. The Labute approximate surface area is 107 Å². The van der Waals surface area contributed by atoms with E-state index >= 15 is 0 Å². The third-order valence-corrected chi connectivity index (χ3v) is 4.49. The molecule has 0 aromatic carbocycles. The van der Waals surface area contributed by atoms with Crippen LogP contribution in [0.3, 0.4) is 0 Å². The lowest BCUT2D eigenvalue weighted by atomic mass is 10.0. The fraction of sp³-hybridized carbons (Fsp3) is 1.00. The second kappa shape index (κ2) is 7.38. The van der Waals surface area contributed by atoms with Gasteiger partial charge in [-0.05, 0) is 58.2 Å². The first-order chi connectivity index (χ1) is 8.34. The maximum absolute atomic E-state index is 3.69. The summed E-state index contributed by atoms with van der Waals surface area (Å²) in [6, 6.07) is 0.677. The van der Waals surface area contributed by atoms with Crippen LogP contribution in [0.15, 0.2) is 0 Å². The lowest BCUT2D eigenvalue weighted by Crippen LogP contribution is -2.38. The summed E-state index contributed by atoms with van der Waals surface area (Å²) in [4.78, 5) is 2.61. The van der Waals surface area contributed by atoms with E-state index in [2.05, 4.69) is 17.1 Å². The Kier molecular flexibility index (Phi) is 5.79. The van der Waals surface area contributed by atoms with Crippen LogP contribution in [0.1, 0.15) is 58.3 Å². The van der Waals surface area contributed by atoms with Crippen LogP contribution >= 0.6 is 0 Å². The zero-order valence-corrected chi connectivity index (χ0v) is 11.6. The monoisotopic (exact) mass is 238 g/mol. The van der Waals surface area contributed by atoms with Gasteiger partial charge >= 0.3 is 0 Å². The molecule has 1 saturated carbocycles. The highest BCUT2D eigenvalue weighted by molar-refractivity contribution is 4.73. The summed E-state index contributed by atoms with van der Waals surface area (Å²) in [5, 5.41) is 3.69. The van der Waals surface area contributed by atoms with E-state index in [0.717, 1.165) is 5.92 Å². The van der Waals surface area contributed by atoms with Gasteiger partial charge in [-0.3, -0.25) is 0 Å². The van der Waals surface area contributed by atoms with E-state index in [4.69, 9.17) is 0 Å². The summed E-state index contributed by atoms with van der Waals surface area (Å²) < 4.78 is 0. The normalized spacial score (nSPS) is 24.5. The maximum Gasteiger partial charge on any atom is 0.0166 e. The van der Waals surface area contributed by atoms with E-state index in [9.17, 15) is 0 Å². The molecule has 1 heterocycles. The molecule has 0 radical (unpaired) electrons. The van der Waals surface area contributed by atoms with Crippen LogP contribution in [-0.2, 0) is 0 Å². The standard InChI is InChI=1S/C15H30N2/c1-14(13-17-11-4-5-12-17)16-10-6-9-15-7-2-3-8-15/h14-16H,2-13H2,1H3. The molecule has 2 nitrogen and oxygen atoms in total. The van der Waals surface area contributed by atoms with Gasteiger partial charge in [0.15, 0.2) is 0 Å². The van der Waals surface area contributed by atoms with Crippen molar-refractivity contribution in [2.45, 2.75) is 64.3 Å². The van der Waals surface area contributed by atoms with E-state index in [1.807, 2.05) is 0 Å². The maximum atomic E-state index is 3.69. The molecule has 0 spiro atoms. The summed E-state index contributed by atoms with van der Waals surface area (Å²) in [7, 11) is 0. The molecule has 0 aromatic heterocycles. The molecule has 2 rings (SSSR count). The average Bonchev–Trinajstić information content (AvgIpc) is 2.96. The number of nitrogens with one attached hydrogen (secondary N) is 1. The SMILES string of the molecule is CC(CN1CCCC1)NCCCC1CCCC1. The summed E-state index contributed by atoms with van der Waals surface area (Å²) in [6.45, 7) is 7.48. The summed E-state index contributed by atoms with van der Waals surface area (Å²) in [6.07, 6.45) is 11.7. The number of likely N-dealkylation sites (tertiary alicyclic amines) is 1. The number of nitrogens with zero attached hydrogens (tertiary/aromatic N) is 1. The molecule has 2 heteroatoms. The number of hydrogen-bond donors (Lipinski definition) is 1. The predicted octanol–water partition coefficient (Wildman–Crippen LogP) is 3.03. The summed E-state index contributed by atoms with van der Waals surface area (Å²) in [5.74, 6) is 1.06. The molecule has 1 unspecified atom stereocenters. The van der Waals surface area contributed by atoms with E-state index in [1.54, 1.807) is 0 Å². The quantitative estimate of drug-likeness (QED) is 0.686. The highest BCUT2D eigenvalue weighted by Gasteiger charge is 2.15. The lowest BCUT2D eigenvalue weighted by molar-refractivity contribution is 0.297. The van der Waals surface area contributed by atoms with Gasteiger partial charge in [-0.1, -0.05) is 25.7 Å². The third-order valence-electron chi connectivity index (χ3n) is 4.49. The summed E-state index contributed by atoms with van der Waals surface area (Å²) >= 11 is 0. The van der Waals surface area contributed by atoms with Crippen LogP contribution in [-0.4, -0.2) is 37.1 Å². The van der Waals surface area contributed by atoms with Crippen LogP contribution < -0.4 is 5.32 Å². The van der Waals surface area contributed by atoms with Crippen molar-refractivity contribution in [3.63, 3.8) is 0 Å². The Morgan fingerprint density at radius 3 is 2.53 bits per heavy atom. The van der Waals surface area contributed by atoms with Crippen molar-refractivity contribution in [1.29, 1.82) is 0 Å². The molecule has 1 aliphatic carbocycles. The second-order valence-electron chi connectivity index (χ2n) is 6.16. The van der Waals surface area contributed by atoms with Gasteiger partial charge in [0.1, 0.15) is 0 Å². The molecule has 2 aliphatic rings. The van der Waals surface area contributed by atoms with Crippen LogP contribution in [0.4, 0.5) is 0 Å². The van der Waals surface area contributed by atoms with Crippen LogP contribution in [0.25, 0.3) is 0 Å². The average molecular weight is 238 g/mol. The minimum atomic E-state index is 0.677. The van der Waals surface area contributed by atoms with Crippen LogP contribution in [0.5, 0.6) is 0 Å². The van der Waals surface area contributed by atoms with E-state index < -0.39 is 0 Å². The largest absolute Gasteiger partial charge is 0.313 e. The molecule has 1 saturated heterocycles. The Morgan fingerprint density at radius 2 is 1.82 bits per heavy atom. The van der Waals surface area contributed by atoms with Crippen molar-refractivity contribution in [1.82, 2.24) is 10.2 Å². The van der Waals surface area contributed by atoms with Crippen molar-refractivity contribution in [3.8, 4) is 0 Å². The molecule has 0 aromatic rings. The van der Waals surface area contributed by atoms with Crippen LogP contribution in [0, 0.1) is 5.92 Å². The molecule has 2 fully saturated rings. The second-order valence-corrected chi connectivity index (χ2v) is 6.16. The smallest absolute Gasteiger partial charge is 0.0166 e. The van der Waals surface area contributed by atoms with Crippen LogP contribution in [0.2, 0.25) is 0 Å². The Balaban J connectivity index is 1.46. The first-order valence-electron chi connectivity index (χ1n) is 7.80. The first-order valence-corrected chi connectivity index (χ1v) is 7.80. The van der Waals surface area contributed by atoms with E-state index in [0.29, 0.717) is 6.04 Å². The number of rotatable bonds is 7. The van der Waals surface area contributed by atoms with Crippen molar-refractivity contribution >= 4 is 0 Å². The molecule has 0 amide bonds. The van der Waals surface area contributed by atoms with Gasteiger partial charge in [-0.25, -0.2) is 0 Å². The molecule has 0 bridgehead atoms. The predicted molar refractivity (Wildman–Crippen MR) is 74.3 cm³/mol. The fourth-order valence-corrected chi connectivity index (χ4v) is 3.46. The Morgan fingerprint density at radius 1 is 1.12 bits per heavy atom. The molecule has 1 aliphatic heterocycles. The van der Waals surface area contributed by atoms with Gasteiger partial charge in [0.05, 0.1) is 0 Å². The Bertz CT molecular complexity index is 193. The van der Waals surface area contributed by atoms with E-state index in [-0.39, 0.29) is 0 Å². The Hall–Kier alpha value is -0.0800. The van der Waals surface area contributed by atoms with E-state index in [1.165, 1.54) is 77.5 Å². The van der Waals surface area contributed by atoms with Crippen molar-refractivity contribution < 1.29 is 0 Å². The van der Waals surface area contributed by atoms with Gasteiger partial charge in [0, 0.05) is 12.6 Å². The zero-order chi connectivity index (χ0) is 11.9. The molecule has 1 atom stereocenters. The number of hydrogen-bond acceptors (Lipinski definition) is 2. The van der Waals surface area contributed by atoms with Gasteiger partial charge in [0.2, 0.25) is 0 Å². The molecular weight excluding hydrogens is 208 g/mol. The van der Waals surface area contributed by atoms with Gasteiger partial charge in [-0.2, -0.15) is 0 Å². The molecular formula is C15H30N2. The fourth-order valence-electron chi connectivity index (χ4n) is 3.46. The highest BCUT2D eigenvalue weighted by atomic mass is 15.2. The third kappa shape index (κ3) is 4.97. The zero-order valence-electron chi connectivity index (χ0n) is 11.6.